The summed E-state index contributed by atoms with van der Waals surface area (Å²) in [5, 5.41) is 7.38. The molecule has 1 atom stereocenters. The Hall–Kier alpha value is -0.570. The van der Waals surface area contributed by atoms with Crippen LogP contribution in [0, 0.1) is 0 Å². The largest absolute Gasteiger partial charge is 0.379 e. The zero-order valence-corrected chi connectivity index (χ0v) is 17.2. The van der Waals surface area contributed by atoms with Crippen LogP contribution < -0.4 is 10.6 Å². The second kappa shape index (κ2) is 12.7. The highest BCUT2D eigenvalue weighted by Gasteiger charge is 2.15. The molecule has 0 amide bonds. The number of aliphatic imine (C=N–C) groups is 1. The molecule has 1 saturated heterocycles. The number of hydrogen-bond donors (Lipinski definition) is 2. The average molecular weight is 468 g/mol. The number of guanidine groups is 1. The number of ether oxygens (including phenoxy) is 2. The number of rotatable bonds is 8. The Kier molecular flexibility index (Phi) is 11.4. The third kappa shape index (κ3) is 8.50. The summed E-state index contributed by atoms with van der Waals surface area (Å²) in [5.41, 5.74) is 1.25. The molecule has 1 unspecified atom stereocenters. The Morgan fingerprint density at radius 1 is 1.29 bits per heavy atom. The van der Waals surface area contributed by atoms with Crippen LogP contribution in [-0.2, 0) is 15.9 Å². The summed E-state index contributed by atoms with van der Waals surface area (Å²) in [6, 6.07) is 7.92. The van der Waals surface area contributed by atoms with Crippen molar-refractivity contribution in [3.8, 4) is 0 Å². The summed E-state index contributed by atoms with van der Waals surface area (Å²) in [6.07, 6.45) is 3.19. The van der Waals surface area contributed by atoms with Crippen molar-refractivity contribution in [2.45, 2.75) is 25.4 Å². The normalized spacial score (nSPS) is 17.4. The average Bonchev–Trinajstić information content (AvgIpc) is 3.08. The highest BCUT2D eigenvalue weighted by molar-refractivity contribution is 14.0. The van der Waals surface area contributed by atoms with Crippen molar-refractivity contribution in [3.05, 3.63) is 34.9 Å². The summed E-state index contributed by atoms with van der Waals surface area (Å²) in [4.78, 5) is 4.22. The molecule has 136 valence electrons. The lowest BCUT2D eigenvalue weighted by molar-refractivity contribution is 0.0420. The van der Waals surface area contributed by atoms with Crippen LogP contribution in [0.4, 0.5) is 0 Å². The van der Waals surface area contributed by atoms with E-state index in [0.717, 1.165) is 63.2 Å². The number of hydrogen-bond acceptors (Lipinski definition) is 3. The first-order valence-corrected chi connectivity index (χ1v) is 8.54. The van der Waals surface area contributed by atoms with Gasteiger partial charge < -0.3 is 20.1 Å². The third-order valence-electron chi connectivity index (χ3n) is 3.70. The van der Waals surface area contributed by atoms with Gasteiger partial charge in [0, 0.05) is 38.4 Å². The standard InChI is InChI=1S/C17H26ClN3O2.HI/c1-19-17(20-9-2-11-23-16-8-12-22-13-16)21-10-7-14-3-5-15(18)6-4-14;/h3-6,16H,2,7-13H2,1H3,(H2,19,20,21);1H. The van der Waals surface area contributed by atoms with Gasteiger partial charge in [0.05, 0.1) is 12.7 Å². The summed E-state index contributed by atoms with van der Waals surface area (Å²) in [7, 11) is 1.78. The quantitative estimate of drug-likeness (QED) is 0.267. The van der Waals surface area contributed by atoms with E-state index in [0.29, 0.717) is 0 Å². The highest BCUT2D eigenvalue weighted by Crippen LogP contribution is 2.09. The van der Waals surface area contributed by atoms with Crippen LogP contribution in [0.3, 0.4) is 0 Å². The fourth-order valence-corrected chi connectivity index (χ4v) is 2.50. The molecule has 0 aromatic heterocycles. The van der Waals surface area contributed by atoms with Gasteiger partial charge >= 0.3 is 0 Å². The SMILES string of the molecule is CN=C(NCCCOC1CCOC1)NCCc1ccc(Cl)cc1.I. The molecule has 1 aliphatic heterocycles. The van der Waals surface area contributed by atoms with Gasteiger partial charge in [0.25, 0.3) is 0 Å². The fraction of sp³-hybridized carbons (Fsp3) is 0.588. The molecule has 1 aliphatic rings. The number of nitrogens with zero attached hydrogens (tertiary/aromatic N) is 1. The maximum absolute atomic E-state index is 5.88. The molecule has 2 N–H and O–H groups in total. The van der Waals surface area contributed by atoms with Crippen molar-refractivity contribution in [3.63, 3.8) is 0 Å². The third-order valence-corrected chi connectivity index (χ3v) is 3.95. The van der Waals surface area contributed by atoms with Crippen LogP contribution >= 0.6 is 35.6 Å². The molecule has 0 aliphatic carbocycles. The zero-order valence-electron chi connectivity index (χ0n) is 14.1. The Balaban J connectivity index is 0.00000288. The summed E-state index contributed by atoms with van der Waals surface area (Å²) in [6.45, 7) is 3.99. The van der Waals surface area contributed by atoms with Crippen molar-refractivity contribution < 1.29 is 9.47 Å². The minimum Gasteiger partial charge on any atom is -0.379 e. The summed E-state index contributed by atoms with van der Waals surface area (Å²) >= 11 is 5.88. The van der Waals surface area contributed by atoms with E-state index < -0.39 is 0 Å². The van der Waals surface area contributed by atoms with Gasteiger partial charge in [0.1, 0.15) is 0 Å². The summed E-state index contributed by atoms with van der Waals surface area (Å²) < 4.78 is 11.0. The van der Waals surface area contributed by atoms with Crippen LogP contribution in [-0.4, -0.2) is 52.0 Å². The predicted octanol–water partition coefficient (Wildman–Crippen LogP) is 2.86. The van der Waals surface area contributed by atoms with E-state index in [1.165, 1.54) is 5.56 Å². The maximum atomic E-state index is 5.88. The van der Waals surface area contributed by atoms with Gasteiger partial charge in [-0.2, -0.15) is 0 Å². The van der Waals surface area contributed by atoms with E-state index in [4.69, 9.17) is 21.1 Å². The molecule has 0 radical (unpaired) electrons. The second-order valence-electron chi connectivity index (χ2n) is 5.51. The van der Waals surface area contributed by atoms with Gasteiger partial charge in [-0.25, -0.2) is 0 Å². The smallest absolute Gasteiger partial charge is 0.190 e. The minimum absolute atomic E-state index is 0. The Labute approximate surface area is 166 Å². The lowest BCUT2D eigenvalue weighted by Gasteiger charge is -2.13. The monoisotopic (exact) mass is 467 g/mol. The Morgan fingerprint density at radius 3 is 2.71 bits per heavy atom. The van der Waals surface area contributed by atoms with Gasteiger partial charge in [-0.05, 0) is 37.0 Å². The van der Waals surface area contributed by atoms with Crippen LogP contribution in [0.5, 0.6) is 0 Å². The predicted molar refractivity (Wildman–Crippen MR) is 110 cm³/mol. The molecule has 7 heteroatoms. The fourth-order valence-electron chi connectivity index (χ4n) is 2.37. The van der Waals surface area contributed by atoms with E-state index in [1.807, 2.05) is 24.3 Å². The van der Waals surface area contributed by atoms with Gasteiger partial charge in [0.2, 0.25) is 0 Å². The van der Waals surface area contributed by atoms with Gasteiger partial charge in [-0.15, -0.1) is 24.0 Å². The molecule has 1 aromatic rings. The Morgan fingerprint density at radius 2 is 2.04 bits per heavy atom. The van der Waals surface area contributed by atoms with Crippen molar-refractivity contribution in [1.82, 2.24) is 10.6 Å². The van der Waals surface area contributed by atoms with E-state index in [1.54, 1.807) is 7.05 Å². The number of benzene rings is 1. The lowest BCUT2D eigenvalue weighted by atomic mass is 10.1. The molecule has 2 rings (SSSR count). The van der Waals surface area contributed by atoms with E-state index in [2.05, 4.69) is 15.6 Å². The first kappa shape index (κ1) is 21.5. The van der Waals surface area contributed by atoms with E-state index in [-0.39, 0.29) is 30.1 Å². The molecule has 0 spiro atoms. The molecule has 1 aromatic carbocycles. The second-order valence-corrected chi connectivity index (χ2v) is 5.95. The number of nitrogens with one attached hydrogen (secondary N) is 2. The van der Waals surface area contributed by atoms with Crippen molar-refractivity contribution in [2.75, 3.05) is 40.0 Å². The van der Waals surface area contributed by atoms with Crippen molar-refractivity contribution >= 4 is 41.5 Å². The topological polar surface area (TPSA) is 54.9 Å². The highest BCUT2D eigenvalue weighted by atomic mass is 127. The van der Waals surface area contributed by atoms with Crippen LogP contribution in [0.1, 0.15) is 18.4 Å². The molecule has 0 saturated carbocycles. The maximum Gasteiger partial charge on any atom is 0.190 e. The van der Waals surface area contributed by atoms with Gasteiger partial charge in [-0.1, -0.05) is 23.7 Å². The van der Waals surface area contributed by atoms with E-state index >= 15 is 0 Å². The zero-order chi connectivity index (χ0) is 16.3. The molecule has 1 fully saturated rings. The molecule has 0 bridgehead atoms. The van der Waals surface area contributed by atoms with Crippen LogP contribution in [0.2, 0.25) is 5.02 Å². The molecular weight excluding hydrogens is 441 g/mol. The molecule has 5 nitrogen and oxygen atoms in total. The first-order chi connectivity index (χ1) is 11.3. The van der Waals surface area contributed by atoms with Gasteiger partial charge in [-0.3, -0.25) is 4.99 Å². The van der Waals surface area contributed by atoms with Crippen molar-refractivity contribution in [2.24, 2.45) is 4.99 Å². The Bertz CT molecular complexity index is 479. The van der Waals surface area contributed by atoms with Crippen molar-refractivity contribution in [1.29, 1.82) is 0 Å². The minimum atomic E-state index is 0. The first-order valence-electron chi connectivity index (χ1n) is 8.16. The van der Waals surface area contributed by atoms with Crippen LogP contribution in [0.15, 0.2) is 29.3 Å². The lowest BCUT2D eigenvalue weighted by Crippen LogP contribution is -2.39. The van der Waals surface area contributed by atoms with Crippen LogP contribution in [0.25, 0.3) is 0 Å². The number of halogens is 2. The van der Waals surface area contributed by atoms with E-state index in [9.17, 15) is 0 Å². The summed E-state index contributed by atoms with van der Waals surface area (Å²) in [5.74, 6) is 0.822. The molecule has 1 heterocycles. The van der Waals surface area contributed by atoms with Gasteiger partial charge in [0.15, 0.2) is 5.96 Å². The molecule has 24 heavy (non-hydrogen) atoms. The molecular formula is C17H27ClIN3O2.